The van der Waals surface area contributed by atoms with Crippen LogP contribution in [-0.4, -0.2) is 15.8 Å². The Bertz CT molecular complexity index is 536. The molecule has 2 aromatic rings. The summed E-state index contributed by atoms with van der Waals surface area (Å²) >= 11 is 0. The highest BCUT2D eigenvalue weighted by molar-refractivity contribution is 5.81. The highest BCUT2D eigenvalue weighted by Crippen LogP contribution is 2.20. The van der Waals surface area contributed by atoms with Gasteiger partial charge in [-0.2, -0.15) is 5.10 Å². The molecule has 1 heterocycles. The van der Waals surface area contributed by atoms with E-state index in [1.54, 1.807) is 0 Å². The molecule has 0 atom stereocenters. The molecule has 3 nitrogen and oxygen atoms in total. The number of hydrogen-bond donors (Lipinski definition) is 1. The van der Waals surface area contributed by atoms with E-state index in [2.05, 4.69) is 34.7 Å². The van der Waals surface area contributed by atoms with Gasteiger partial charge >= 0.3 is 0 Å². The van der Waals surface area contributed by atoms with Gasteiger partial charge in [-0.05, 0) is 18.9 Å². The number of hydrogen-bond acceptors (Lipinski definition) is 2. The molecule has 0 spiro atoms. The smallest absolute Gasteiger partial charge is 0.0841 e. The monoisotopic (exact) mass is 257 g/mol. The maximum atomic E-state index is 4.65. The van der Waals surface area contributed by atoms with Gasteiger partial charge < -0.3 is 5.32 Å². The summed E-state index contributed by atoms with van der Waals surface area (Å²) in [5, 5.41) is 9.64. The first-order valence-corrected chi connectivity index (χ1v) is 7.48. The summed E-state index contributed by atoms with van der Waals surface area (Å²) in [7, 11) is 2.03. The average Bonchev–Trinajstić information content (AvgIpc) is 2.63. The topological polar surface area (TPSA) is 29.9 Å². The summed E-state index contributed by atoms with van der Waals surface area (Å²) in [5.74, 6) is 0. The van der Waals surface area contributed by atoms with Crippen molar-refractivity contribution in [1.29, 1.82) is 0 Å². The van der Waals surface area contributed by atoms with E-state index < -0.39 is 0 Å². The molecule has 1 aliphatic carbocycles. The molecule has 1 saturated carbocycles. The van der Waals surface area contributed by atoms with Gasteiger partial charge in [0.15, 0.2) is 0 Å². The molecule has 0 aliphatic heterocycles. The first-order chi connectivity index (χ1) is 9.34. The van der Waals surface area contributed by atoms with Crippen molar-refractivity contribution in [2.45, 2.75) is 51.1 Å². The van der Waals surface area contributed by atoms with Crippen molar-refractivity contribution < 1.29 is 0 Å². The van der Waals surface area contributed by atoms with Gasteiger partial charge in [0.25, 0.3) is 0 Å². The van der Waals surface area contributed by atoms with Crippen LogP contribution >= 0.6 is 0 Å². The quantitative estimate of drug-likeness (QED) is 0.854. The number of para-hydroxylation sites is 1. The third-order valence-corrected chi connectivity index (χ3v) is 4.25. The molecule has 1 aliphatic rings. The van der Waals surface area contributed by atoms with Crippen molar-refractivity contribution in [2.75, 3.05) is 0 Å². The Labute approximate surface area is 115 Å². The third-order valence-electron chi connectivity index (χ3n) is 4.25. The number of fused-ring (bicyclic) bond motifs is 1. The molecule has 1 aromatic carbocycles. The molecule has 1 N–H and O–H groups in total. The Morgan fingerprint density at radius 3 is 2.68 bits per heavy atom. The number of nitrogens with zero attached hydrogens (tertiary/aromatic N) is 2. The number of aromatic nitrogens is 2. The van der Waals surface area contributed by atoms with E-state index >= 15 is 0 Å². The summed E-state index contributed by atoms with van der Waals surface area (Å²) in [6.45, 7) is 0.895. The van der Waals surface area contributed by atoms with Crippen LogP contribution in [-0.2, 0) is 13.6 Å². The Morgan fingerprint density at radius 1 is 1.16 bits per heavy atom. The fraction of sp³-hybridized carbons (Fsp3) is 0.562. The maximum Gasteiger partial charge on any atom is 0.0841 e. The third kappa shape index (κ3) is 2.81. The summed E-state index contributed by atoms with van der Waals surface area (Å²) in [4.78, 5) is 0. The largest absolute Gasteiger partial charge is 0.308 e. The molecule has 0 unspecified atom stereocenters. The van der Waals surface area contributed by atoms with Crippen molar-refractivity contribution in [3.05, 3.63) is 30.0 Å². The van der Waals surface area contributed by atoms with Crippen LogP contribution in [0.3, 0.4) is 0 Å². The van der Waals surface area contributed by atoms with Gasteiger partial charge in [0, 0.05) is 25.0 Å². The average molecular weight is 257 g/mol. The van der Waals surface area contributed by atoms with E-state index in [4.69, 9.17) is 0 Å². The lowest BCUT2D eigenvalue weighted by molar-refractivity contribution is 0.455. The molecule has 102 valence electrons. The second-order valence-corrected chi connectivity index (χ2v) is 5.66. The van der Waals surface area contributed by atoms with Crippen LogP contribution in [0.2, 0.25) is 0 Å². The molecule has 19 heavy (non-hydrogen) atoms. The van der Waals surface area contributed by atoms with Crippen LogP contribution < -0.4 is 5.32 Å². The molecule has 0 radical (unpaired) electrons. The molecular formula is C16H23N3. The number of nitrogens with one attached hydrogen (secondary N) is 1. The van der Waals surface area contributed by atoms with Crippen molar-refractivity contribution in [3.63, 3.8) is 0 Å². The highest BCUT2D eigenvalue weighted by Gasteiger charge is 2.13. The van der Waals surface area contributed by atoms with E-state index in [0.29, 0.717) is 6.04 Å². The summed E-state index contributed by atoms with van der Waals surface area (Å²) in [5.41, 5.74) is 2.41. The fourth-order valence-electron chi connectivity index (χ4n) is 3.14. The minimum Gasteiger partial charge on any atom is -0.308 e. The molecule has 0 amide bonds. The summed E-state index contributed by atoms with van der Waals surface area (Å²) < 4.78 is 1.99. The van der Waals surface area contributed by atoms with Crippen LogP contribution in [0.25, 0.3) is 10.9 Å². The lowest BCUT2D eigenvalue weighted by Gasteiger charge is -2.15. The number of rotatable bonds is 3. The van der Waals surface area contributed by atoms with Gasteiger partial charge in [-0.1, -0.05) is 43.9 Å². The number of aryl methyl sites for hydroxylation is 1. The zero-order chi connectivity index (χ0) is 13.1. The summed E-state index contributed by atoms with van der Waals surface area (Å²) in [6.07, 6.45) is 8.21. The molecule has 1 fully saturated rings. The Kier molecular flexibility index (Phi) is 3.83. The van der Waals surface area contributed by atoms with Crippen molar-refractivity contribution in [3.8, 4) is 0 Å². The van der Waals surface area contributed by atoms with Crippen LogP contribution in [0.4, 0.5) is 0 Å². The fourth-order valence-corrected chi connectivity index (χ4v) is 3.14. The highest BCUT2D eigenvalue weighted by atomic mass is 15.3. The van der Waals surface area contributed by atoms with E-state index in [-0.39, 0.29) is 0 Å². The van der Waals surface area contributed by atoms with Gasteiger partial charge in [0.2, 0.25) is 0 Å². The van der Waals surface area contributed by atoms with E-state index in [1.165, 1.54) is 55.1 Å². The Hall–Kier alpha value is -1.35. The Balaban J connectivity index is 1.71. The second-order valence-electron chi connectivity index (χ2n) is 5.66. The molecular weight excluding hydrogens is 234 g/mol. The molecule has 1 aromatic heterocycles. The van der Waals surface area contributed by atoms with Gasteiger partial charge in [-0.3, -0.25) is 4.68 Å². The first-order valence-electron chi connectivity index (χ1n) is 7.48. The van der Waals surface area contributed by atoms with Gasteiger partial charge in [0.1, 0.15) is 0 Å². The predicted molar refractivity (Wildman–Crippen MR) is 79.0 cm³/mol. The van der Waals surface area contributed by atoms with Crippen molar-refractivity contribution >= 4 is 10.9 Å². The van der Waals surface area contributed by atoms with Gasteiger partial charge in [-0.25, -0.2) is 0 Å². The zero-order valence-electron chi connectivity index (χ0n) is 11.7. The van der Waals surface area contributed by atoms with Crippen molar-refractivity contribution in [2.24, 2.45) is 7.05 Å². The second kappa shape index (κ2) is 5.74. The van der Waals surface area contributed by atoms with Crippen LogP contribution in [0, 0.1) is 0 Å². The minimum atomic E-state index is 0.684. The SMILES string of the molecule is Cn1nc(CNC2CCCCCC2)c2ccccc21. The maximum absolute atomic E-state index is 4.65. The van der Waals surface area contributed by atoms with Gasteiger partial charge in [0.05, 0.1) is 11.2 Å². The normalized spacial score (nSPS) is 17.7. The van der Waals surface area contributed by atoms with Crippen molar-refractivity contribution in [1.82, 2.24) is 15.1 Å². The van der Waals surface area contributed by atoms with E-state index in [0.717, 1.165) is 6.54 Å². The summed E-state index contributed by atoms with van der Waals surface area (Å²) in [6, 6.07) is 9.17. The molecule has 3 rings (SSSR count). The Morgan fingerprint density at radius 2 is 1.89 bits per heavy atom. The molecule has 0 saturated heterocycles. The van der Waals surface area contributed by atoms with E-state index in [1.807, 2.05) is 11.7 Å². The van der Waals surface area contributed by atoms with Crippen LogP contribution in [0.5, 0.6) is 0 Å². The molecule has 0 bridgehead atoms. The minimum absolute atomic E-state index is 0.684. The van der Waals surface area contributed by atoms with Crippen LogP contribution in [0.1, 0.15) is 44.2 Å². The van der Waals surface area contributed by atoms with Gasteiger partial charge in [-0.15, -0.1) is 0 Å². The molecule has 3 heteroatoms. The first kappa shape index (κ1) is 12.7. The standard InChI is InChI=1S/C16H23N3/c1-19-16-11-7-6-10-14(16)15(18-19)12-17-13-8-4-2-3-5-9-13/h6-7,10-11,13,17H,2-5,8-9,12H2,1H3. The van der Waals surface area contributed by atoms with Crippen LogP contribution in [0.15, 0.2) is 24.3 Å². The lowest BCUT2D eigenvalue weighted by atomic mass is 10.1. The lowest BCUT2D eigenvalue weighted by Crippen LogP contribution is -2.28. The predicted octanol–water partition coefficient (Wildman–Crippen LogP) is 3.39. The number of benzene rings is 1. The zero-order valence-corrected chi connectivity index (χ0v) is 11.7. The van der Waals surface area contributed by atoms with E-state index in [9.17, 15) is 0 Å².